The van der Waals surface area contributed by atoms with Gasteiger partial charge in [-0.25, -0.2) is 0 Å². The lowest BCUT2D eigenvalue weighted by molar-refractivity contribution is -0.145. The number of carbonyl (C=O) groups is 3. The number of hydrogen-bond donors (Lipinski definition) is 0. The average Bonchev–Trinajstić information content (AvgIpc) is 2.11. The number of aldehydes is 1. The Morgan fingerprint density at radius 2 is 1.80 bits per heavy atom. The summed E-state index contributed by atoms with van der Waals surface area (Å²) < 4.78 is 9.53. The van der Waals surface area contributed by atoms with Gasteiger partial charge >= 0.3 is 19.1 Å². The molecule has 0 aromatic carbocycles. The van der Waals surface area contributed by atoms with Crippen LogP contribution >= 0.6 is 0 Å². The zero-order valence-electron chi connectivity index (χ0n) is 8.21. The predicted octanol–water partition coefficient (Wildman–Crippen LogP) is -1.20. The molecule has 0 bridgehead atoms. The first-order valence-electron chi connectivity index (χ1n) is 4.31. The van der Waals surface area contributed by atoms with E-state index < -0.39 is 19.1 Å². The van der Waals surface area contributed by atoms with E-state index in [-0.39, 0.29) is 13.1 Å². The molecule has 0 N–H and O–H groups in total. The van der Waals surface area contributed by atoms with Gasteiger partial charge in [0.25, 0.3) is 0 Å². The number of rotatable bonds is 2. The third-order valence-electron chi connectivity index (χ3n) is 1.64. The average molecular weight is 211 g/mol. The van der Waals surface area contributed by atoms with Crippen LogP contribution in [0.1, 0.15) is 0 Å². The van der Waals surface area contributed by atoms with Crippen molar-refractivity contribution < 1.29 is 23.7 Å². The normalized spacial score (nSPS) is 19.4. The minimum Gasteiger partial charge on any atom is -0.495 e. The van der Waals surface area contributed by atoms with E-state index in [4.69, 9.17) is 9.31 Å². The summed E-state index contributed by atoms with van der Waals surface area (Å²) in [6.45, 7) is 0.0288. The highest BCUT2D eigenvalue weighted by molar-refractivity contribution is 6.55. The summed E-state index contributed by atoms with van der Waals surface area (Å²) in [5.41, 5.74) is 0. The summed E-state index contributed by atoms with van der Waals surface area (Å²) >= 11 is 0. The summed E-state index contributed by atoms with van der Waals surface area (Å²) in [4.78, 5) is 33.8. The molecule has 1 saturated heterocycles. The Kier molecular flexibility index (Phi) is 4.05. The van der Waals surface area contributed by atoms with Gasteiger partial charge in [0.05, 0.1) is 13.1 Å². The lowest BCUT2D eigenvalue weighted by Crippen LogP contribution is -2.41. The van der Waals surface area contributed by atoms with Crippen LogP contribution in [-0.4, -0.2) is 50.4 Å². The van der Waals surface area contributed by atoms with Crippen molar-refractivity contribution in [2.75, 3.05) is 20.1 Å². The summed E-state index contributed by atoms with van der Waals surface area (Å²) in [7, 11) is 0.494. The molecule has 0 amide bonds. The Balaban J connectivity index is 2.65. The van der Waals surface area contributed by atoms with E-state index in [1.165, 1.54) is 10.9 Å². The molecule has 0 aliphatic carbocycles. The van der Waals surface area contributed by atoms with Gasteiger partial charge < -0.3 is 9.31 Å². The van der Waals surface area contributed by atoms with Crippen LogP contribution in [0.3, 0.4) is 0 Å². The summed E-state index contributed by atoms with van der Waals surface area (Å²) in [6.07, 6.45) is 1.61. The van der Waals surface area contributed by atoms with Crippen molar-refractivity contribution in [1.29, 1.82) is 0 Å². The zero-order chi connectivity index (χ0) is 11.3. The van der Waals surface area contributed by atoms with E-state index in [2.05, 4.69) is 0 Å². The van der Waals surface area contributed by atoms with Crippen molar-refractivity contribution in [3.63, 3.8) is 0 Å². The Hall–Kier alpha value is -1.63. The smallest absolute Gasteiger partial charge is 0.495 e. The van der Waals surface area contributed by atoms with Crippen molar-refractivity contribution in [3.8, 4) is 0 Å². The highest BCUT2D eigenvalue weighted by Crippen LogP contribution is 2.00. The molecule has 6 nitrogen and oxygen atoms in total. The number of carbonyl (C=O) groups excluding carboxylic acids is 3. The third-order valence-corrected chi connectivity index (χ3v) is 1.64. The molecule has 1 aliphatic heterocycles. The molecule has 0 aromatic rings. The van der Waals surface area contributed by atoms with Crippen LogP contribution < -0.4 is 0 Å². The van der Waals surface area contributed by atoms with Crippen LogP contribution in [0.5, 0.6) is 0 Å². The Morgan fingerprint density at radius 1 is 1.27 bits per heavy atom. The first kappa shape index (κ1) is 11.4. The molecule has 0 atom stereocenters. The van der Waals surface area contributed by atoms with Gasteiger partial charge in [0.1, 0.15) is 6.29 Å². The first-order chi connectivity index (χ1) is 7.11. The Morgan fingerprint density at radius 3 is 2.27 bits per heavy atom. The van der Waals surface area contributed by atoms with Gasteiger partial charge in [0.15, 0.2) is 0 Å². The number of allylic oxidation sites excluding steroid dienone is 1. The second-order valence-electron chi connectivity index (χ2n) is 3.04. The van der Waals surface area contributed by atoms with Gasteiger partial charge in [-0.2, -0.15) is 0 Å². The monoisotopic (exact) mass is 211 g/mol. The maximum Gasteiger partial charge on any atom is 0.628 e. The molecule has 15 heavy (non-hydrogen) atoms. The van der Waals surface area contributed by atoms with Gasteiger partial charge in [-0.15, -0.1) is 0 Å². The van der Waals surface area contributed by atoms with Crippen LogP contribution in [-0.2, 0) is 23.7 Å². The molecule has 7 heteroatoms. The van der Waals surface area contributed by atoms with Crippen LogP contribution in [0.2, 0.25) is 0 Å². The fourth-order valence-electron chi connectivity index (χ4n) is 1.07. The van der Waals surface area contributed by atoms with Gasteiger partial charge in [-0.05, 0) is 19.1 Å². The maximum atomic E-state index is 11.1. The summed E-state index contributed by atoms with van der Waals surface area (Å²) in [5.74, 6) is 0.185. The quantitative estimate of drug-likeness (QED) is 0.324. The van der Waals surface area contributed by atoms with Gasteiger partial charge in [0, 0.05) is 0 Å². The molecule has 1 rings (SSSR count). The minimum absolute atomic E-state index is 0.0144. The van der Waals surface area contributed by atoms with E-state index in [1.54, 1.807) is 7.05 Å². The Bertz CT molecular complexity index is 283. The molecule has 1 heterocycles. The van der Waals surface area contributed by atoms with Crippen molar-refractivity contribution in [3.05, 3.63) is 12.1 Å². The van der Waals surface area contributed by atoms with E-state index in [1.807, 2.05) is 0 Å². The Labute approximate surface area is 87.0 Å². The van der Waals surface area contributed by atoms with E-state index in [0.717, 1.165) is 6.08 Å². The van der Waals surface area contributed by atoms with Gasteiger partial charge in [-0.3, -0.25) is 19.3 Å². The molecule has 0 aromatic heterocycles. The highest BCUT2D eigenvalue weighted by atomic mass is 16.6. The molecule has 0 radical (unpaired) electrons. The first-order valence-corrected chi connectivity index (χ1v) is 4.31. The van der Waals surface area contributed by atoms with E-state index in [9.17, 15) is 14.4 Å². The minimum atomic E-state index is -1.11. The standard InChI is InChI=1S/C8H10BNO5/c1-10-5-7(12)14-9(3-2-4-11)15-8(13)6-10/h2-4H,5-6H2,1H3/b3-2+. The van der Waals surface area contributed by atoms with Gasteiger partial charge in [-0.1, -0.05) is 0 Å². The maximum absolute atomic E-state index is 11.1. The van der Waals surface area contributed by atoms with Crippen LogP contribution in [0, 0.1) is 0 Å². The van der Waals surface area contributed by atoms with Crippen molar-refractivity contribution in [1.82, 2.24) is 4.90 Å². The van der Waals surface area contributed by atoms with Crippen molar-refractivity contribution in [2.24, 2.45) is 0 Å². The SMILES string of the molecule is CN1CC(=O)OB(/C=C/C=O)OC(=O)C1. The molecule has 80 valence electrons. The van der Waals surface area contributed by atoms with Crippen molar-refractivity contribution >= 4 is 25.3 Å². The number of nitrogens with zero attached hydrogens (tertiary/aromatic N) is 1. The fraction of sp³-hybridized carbons (Fsp3) is 0.375. The summed E-state index contributed by atoms with van der Waals surface area (Å²) in [5, 5.41) is 0. The number of hydrogen-bond acceptors (Lipinski definition) is 6. The predicted molar refractivity (Wildman–Crippen MR) is 50.6 cm³/mol. The van der Waals surface area contributed by atoms with Crippen molar-refractivity contribution in [2.45, 2.75) is 0 Å². The molecule has 1 fully saturated rings. The fourth-order valence-corrected chi connectivity index (χ4v) is 1.07. The van der Waals surface area contributed by atoms with Gasteiger partial charge in [0.2, 0.25) is 0 Å². The lowest BCUT2D eigenvalue weighted by atomic mass is 9.89. The molecule has 1 aliphatic rings. The topological polar surface area (TPSA) is 72.9 Å². The number of likely N-dealkylation sites (N-methyl/N-ethyl adjacent to an activating group) is 1. The highest BCUT2D eigenvalue weighted by Gasteiger charge is 2.28. The van der Waals surface area contributed by atoms with Crippen LogP contribution in [0.25, 0.3) is 0 Å². The lowest BCUT2D eigenvalue weighted by Gasteiger charge is -2.20. The second kappa shape index (κ2) is 5.30. The molecular formula is C8H10BNO5. The van der Waals surface area contributed by atoms with Crippen LogP contribution in [0.15, 0.2) is 12.1 Å². The third kappa shape index (κ3) is 3.95. The van der Waals surface area contributed by atoms with Crippen LogP contribution in [0.4, 0.5) is 0 Å². The largest absolute Gasteiger partial charge is 0.628 e. The molecule has 0 unspecified atom stereocenters. The molecule has 0 spiro atoms. The van der Waals surface area contributed by atoms with E-state index >= 15 is 0 Å². The molecular weight excluding hydrogens is 201 g/mol. The van der Waals surface area contributed by atoms with E-state index in [0.29, 0.717) is 6.29 Å². The second-order valence-corrected chi connectivity index (χ2v) is 3.04. The zero-order valence-corrected chi connectivity index (χ0v) is 8.21. The summed E-state index contributed by atoms with van der Waals surface area (Å²) in [6, 6.07) is 0. The molecule has 0 saturated carbocycles.